The van der Waals surface area contributed by atoms with Crippen molar-refractivity contribution in [1.82, 2.24) is 23.7 Å². The van der Waals surface area contributed by atoms with E-state index in [-0.39, 0.29) is 4.90 Å². The zero-order valence-corrected chi connectivity index (χ0v) is 19.8. The van der Waals surface area contributed by atoms with Gasteiger partial charge >= 0.3 is 6.18 Å². The normalized spacial score (nSPS) is 12.2. The van der Waals surface area contributed by atoms with Crippen LogP contribution >= 0.6 is 0 Å². The van der Waals surface area contributed by atoms with E-state index in [1.54, 1.807) is 41.3 Å². The highest BCUT2D eigenvalue weighted by Gasteiger charge is 2.31. The van der Waals surface area contributed by atoms with Crippen LogP contribution in [-0.2, 0) is 23.2 Å². The van der Waals surface area contributed by atoms with Gasteiger partial charge in [-0.25, -0.2) is 22.4 Å². The largest absolute Gasteiger partial charge is 0.416 e. The molecule has 0 spiro atoms. The van der Waals surface area contributed by atoms with Crippen LogP contribution in [0, 0.1) is 6.92 Å². The van der Waals surface area contributed by atoms with Gasteiger partial charge in [-0.1, -0.05) is 0 Å². The van der Waals surface area contributed by atoms with E-state index in [2.05, 4.69) is 20.4 Å². The number of alkyl halides is 3. The lowest BCUT2D eigenvalue weighted by molar-refractivity contribution is -0.137. The van der Waals surface area contributed by atoms with E-state index in [0.717, 1.165) is 45.2 Å². The summed E-state index contributed by atoms with van der Waals surface area (Å²) in [7, 11) is -2.28. The Morgan fingerprint density at radius 1 is 1.00 bits per heavy atom. The summed E-state index contributed by atoms with van der Waals surface area (Å²) in [6.45, 7) is 1.90. The van der Waals surface area contributed by atoms with Gasteiger partial charge in [-0.05, 0) is 67.1 Å². The summed E-state index contributed by atoms with van der Waals surface area (Å²) in [5.74, 6) is 0.355. The molecule has 0 atom stereocenters. The van der Waals surface area contributed by atoms with Crippen molar-refractivity contribution in [1.29, 1.82) is 0 Å². The molecule has 184 valence electrons. The zero-order chi connectivity index (χ0) is 25.7. The second-order valence-electron chi connectivity index (χ2n) is 8.10. The van der Waals surface area contributed by atoms with Crippen molar-refractivity contribution < 1.29 is 21.6 Å². The van der Waals surface area contributed by atoms with Crippen molar-refractivity contribution in [3.05, 3.63) is 84.3 Å². The molecule has 1 N–H and O–H groups in total. The molecule has 36 heavy (non-hydrogen) atoms. The highest BCUT2D eigenvalue weighted by Crippen LogP contribution is 2.31. The van der Waals surface area contributed by atoms with Crippen LogP contribution in [-0.4, -0.2) is 32.1 Å². The number of hydrogen-bond acceptors (Lipinski definition) is 6. The first-order valence-electron chi connectivity index (χ1n) is 10.7. The third kappa shape index (κ3) is 4.19. The van der Waals surface area contributed by atoms with Crippen LogP contribution in [0.1, 0.15) is 11.1 Å². The zero-order valence-electron chi connectivity index (χ0n) is 19.0. The maximum absolute atomic E-state index is 13.1. The number of aromatic nitrogens is 5. The van der Waals surface area contributed by atoms with Crippen LogP contribution in [0.25, 0.3) is 22.3 Å². The molecule has 3 aromatic heterocycles. The van der Waals surface area contributed by atoms with Gasteiger partial charge in [0.25, 0.3) is 10.0 Å². The number of rotatable bonds is 5. The van der Waals surface area contributed by atoms with Crippen molar-refractivity contribution >= 4 is 32.6 Å². The van der Waals surface area contributed by atoms with Crippen molar-refractivity contribution in [2.75, 3.05) is 5.32 Å². The number of aryl methyl sites for hydroxylation is 2. The van der Waals surface area contributed by atoms with Crippen molar-refractivity contribution in [3.8, 4) is 11.4 Å². The Bertz CT molecular complexity index is 1690. The van der Waals surface area contributed by atoms with E-state index in [9.17, 15) is 21.6 Å². The van der Waals surface area contributed by atoms with E-state index in [1.807, 2.05) is 20.0 Å². The molecule has 0 fully saturated rings. The number of halogens is 3. The van der Waals surface area contributed by atoms with Crippen molar-refractivity contribution in [2.24, 2.45) is 7.05 Å². The summed E-state index contributed by atoms with van der Waals surface area (Å²) in [5, 5.41) is 7.91. The minimum Gasteiger partial charge on any atom is -0.324 e. The molecule has 3 heterocycles. The molecule has 0 radical (unpaired) electrons. The molecule has 0 saturated heterocycles. The molecular formula is C24H19F3N6O2S. The lowest BCUT2D eigenvalue weighted by atomic mass is 10.2. The minimum absolute atomic E-state index is 0.244. The fraction of sp³-hybridized carbons (Fsp3) is 0.125. The minimum atomic E-state index is -4.55. The first-order valence-corrected chi connectivity index (χ1v) is 12.1. The lowest BCUT2D eigenvalue weighted by Gasteiger charge is -2.11. The maximum atomic E-state index is 13.1. The van der Waals surface area contributed by atoms with Gasteiger partial charge in [0.05, 0.1) is 27.4 Å². The third-order valence-corrected chi connectivity index (χ3v) is 7.39. The molecule has 0 aliphatic heterocycles. The Kier molecular flexibility index (Phi) is 5.55. The molecule has 0 bridgehead atoms. The first-order chi connectivity index (χ1) is 17.0. The molecule has 0 unspecified atom stereocenters. The highest BCUT2D eigenvalue weighted by molar-refractivity contribution is 7.90. The van der Waals surface area contributed by atoms with Crippen LogP contribution in [0.5, 0.6) is 0 Å². The van der Waals surface area contributed by atoms with E-state index in [1.165, 1.54) is 6.20 Å². The van der Waals surface area contributed by atoms with Crippen LogP contribution in [0.4, 0.5) is 24.8 Å². The summed E-state index contributed by atoms with van der Waals surface area (Å²) in [4.78, 5) is 8.68. The summed E-state index contributed by atoms with van der Waals surface area (Å²) < 4.78 is 67.5. The molecule has 0 aliphatic rings. The SMILES string of the molecule is Cc1cnc(Nc2ccc3c(ccn3S(=O)(=O)c3ccc(C(F)(F)F)cc3)c2)nc1-c1ccnn1C. The number of nitrogens with one attached hydrogen (secondary N) is 1. The number of nitrogens with zero attached hydrogens (tertiary/aromatic N) is 5. The van der Waals surface area contributed by atoms with Gasteiger partial charge in [0.2, 0.25) is 5.95 Å². The average Bonchev–Trinajstić information content (AvgIpc) is 3.46. The molecule has 8 nitrogen and oxygen atoms in total. The molecule has 0 saturated carbocycles. The number of hydrogen-bond donors (Lipinski definition) is 1. The third-order valence-electron chi connectivity index (χ3n) is 5.68. The van der Waals surface area contributed by atoms with Gasteiger partial charge in [-0.2, -0.15) is 18.3 Å². The Morgan fingerprint density at radius 3 is 2.42 bits per heavy atom. The van der Waals surface area contributed by atoms with E-state index < -0.39 is 21.8 Å². The summed E-state index contributed by atoms with van der Waals surface area (Å²) in [5.41, 5.74) is 2.53. The summed E-state index contributed by atoms with van der Waals surface area (Å²) in [6.07, 6.45) is 0.195. The number of benzene rings is 2. The topological polar surface area (TPSA) is 94.7 Å². The van der Waals surface area contributed by atoms with E-state index in [4.69, 9.17) is 0 Å². The lowest BCUT2D eigenvalue weighted by Crippen LogP contribution is -2.12. The fourth-order valence-corrected chi connectivity index (χ4v) is 5.18. The monoisotopic (exact) mass is 512 g/mol. The van der Waals surface area contributed by atoms with Crippen molar-refractivity contribution in [2.45, 2.75) is 18.0 Å². The molecule has 0 aliphatic carbocycles. The molecule has 2 aromatic carbocycles. The fourth-order valence-electron chi connectivity index (χ4n) is 3.83. The van der Waals surface area contributed by atoms with Gasteiger partial charge < -0.3 is 5.32 Å². The van der Waals surface area contributed by atoms with Crippen LogP contribution in [0.15, 0.2) is 78.1 Å². The van der Waals surface area contributed by atoms with Gasteiger partial charge in [0.1, 0.15) is 0 Å². The maximum Gasteiger partial charge on any atom is 0.416 e. The quantitative estimate of drug-likeness (QED) is 0.351. The van der Waals surface area contributed by atoms with Crippen LogP contribution in [0.3, 0.4) is 0 Å². The highest BCUT2D eigenvalue weighted by atomic mass is 32.2. The molecule has 12 heteroatoms. The summed E-state index contributed by atoms with van der Waals surface area (Å²) in [6, 6.07) is 11.9. The average molecular weight is 513 g/mol. The molecular weight excluding hydrogens is 493 g/mol. The molecule has 5 rings (SSSR count). The number of anilines is 2. The smallest absolute Gasteiger partial charge is 0.324 e. The van der Waals surface area contributed by atoms with E-state index in [0.29, 0.717) is 22.5 Å². The second-order valence-corrected chi connectivity index (χ2v) is 9.92. The predicted molar refractivity (Wildman–Crippen MR) is 128 cm³/mol. The van der Waals surface area contributed by atoms with Crippen molar-refractivity contribution in [3.63, 3.8) is 0 Å². The van der Waals surface area contributed by atoms with Gasteiger partial charge in [0, 0.05) is 36.7 Å². The van der Waals surface area contributed by atoms with Crippen LogP contribution in [0.2, 0.25) is 0 Å². The predicted octanol–water partition coefficient (Wildman–Crippen LogP) is 5.14. The van der Waals surface area contributed by atoms with Gasteiger partial charge in [0.15, 0.2) is 0 Å². The second kappa shape index (κ2) is 8.48. The molecule has 0 amide bonds. The van der Waals surface area contributed by atoms with E-state index >= 15 is 0 Å². The van der Waals surface area contributed by atoms with Gasteiger partial charge in [-0.15, -0.1) is 0 Å². The summed E-state index contributed by atoms with van der Waals surface area (Å²) >= 11 is 0. The Balaban J connectivity index is 1.45. The Hall–Kier alpha value is -4.19. The molecule has 5 aromatic rings. The Morgan fingerprint density at radius 2 is 1.75 bits per heavy atom. The van der Waals surface area contributed by atoms with Gasteiger partial charge in [-0.3, -0.25) is 4.68 Å². The first kappa shape index (κ1) is 23.5. The van der Waals surface area contributed by atoms with Crippen LogP contribution < -0.4 is 5.32 Å². The number of fused-ring (bicyclic) bond motifs is 1. The standard InChI is InChI=1S/C24H19F3N6O2S/c1-15-14-28-23(31-22(15)21-9-11-29-32(21)2)30-18-5-8-20-16(13-18)10-12-33(20)36(34,35)19-6-3-17(4-7-19)24(25,26)27/h3-14H,1-2H3,(H,28,30,31). The Labute approximate surface area is 204 Å².